The highest BCUT2D eigenvalue weighted by Crippen LogP contribution is 2.29. The Morgan fingerprint density at radius 3 is 2.48 bits per heavy atom. The molecule has 0 aliphatic carbocycles. The number of nitrogens with one attached hydrogen (secondary N) is 2. The zero-order valence-electron chi connectivity index (χ0n) is 17.5. The van der Waals surface area contributed by atoms with Gasteiger partial charge in [-0.15, -0.1) is 0 Å². The van der Waals surface area contributed by atoms with E-state index in [0.29, 0.717) is 24.4 Å². The van der Waals surface area contributed by atoms with E-state index in [-0.39, 0.29) is 35.6 Å². The van der Waals surface area contributed by atoms with Gasteiger partial charge in [0.05, 0.1) is 5.69 Å². The quantitative estimate of drug-likeness (QED) is 0.617. The Morgan fingerprint density at radius 1 is 1.19 bits per heavy atom. The number of H-pyrrole nitrogens is 1. The summed E-state index contributed by atoms with van der Waals surface area (Å²) in [6.45, 7) is 5.59. The number of pyridine rings is 1. The van der Waals surface area contributed by atoms with E-state index in [9.17, 15) is 13.2 Å². The molecule has 0 saturated carbocycles. The molecule has 1 fully saturated rings. The summed E-state index contributed by atoms with van der Waals surface area (Å²) >= 11 is 0. The van der Waals surface area contributed by atoms with Crippen molar-refractivity contribution in [1.29, 1.82) is 0 Å². The van der Waals surface area contributed by atoms with Crippen LogP contribution in [0.1, 0.15) is 29.9 Å². The standard InChI is InChI=1S/C20H24N6O4S/c1-12-17(15-4-8-21-9-5-15)23-24-19(12)22-20(27)16-6-10-26(11-7-16)31(28,29)18-13(2)25-30-14(18)3/h4-5,8-9,16H,6-7,10-11H2,1-3H3,(H2,22,23,24,27). The number of hydrogen-bond donors (Lipinski definition) is 2. The van der Waals surface area contributed by atoms with Crippen molar-refractivity contribution in [3.8, 4) is 11.3 Å². The van der Waals surface area contributed by atoms with Crippen molar-refractivity contribution in [3.63, 3.8) is 0 Å². The second kappa shape index (κ2) is 8.23. The molecule has 0 radical (unpaired) electrons. The number of carbonyl (C=O) groups is 1. The first kappa shape index (κ1) is 21.2. The third-order valence-electron chi connectivity index (χ3n) is 5.61. The fourth-order valence-electron chi connectivity index (χ4n) is 3.87. The van der Waals surface area contributed by atoms with E-state index in [1.165, 1.54) is 4.31 Å². The van der Waals surface area contributed by atoms with Crippen molar-refractivity contribution in [2.75, 3.05) is 18.4 Å². The molecule has 31 heavy (non-hydrogen) atoms. The fourth-order valence-corrected chi connectivity index (χ4v) is 5.63. The Hall–Kier alpha value is -3.05. The predicted octanol–water partition coefficient (Wildman–Crippen LogP) is 2.42. The molecule has 4 rings (SSSR count). The molecule has 1 amide bonds. The highest BCUT2D eigenvalue weighted by molar-refractivity contribution is 7.89. The van der Waals surface area contributed by atoms with Gasteiger partial charge in [0.25, 0.3) is 0 Å². The molecule has 1 aliphatic rings. The van der Waals surface area contributed by atoms with Gasteiger partial charge in [-0.2, -0.15) is 9.40 Å². The molecule has 0 bridgehead atoms. The highest BCUT2D eigenvalue weighted by Gasteiger charge is 2.35. The lowest BCUT2D eigenvalue weighted by Gasteiger charge is -2.30. The number of aryl methyl sites for hydroxylation is 2. The van der Waals surface area contributed by atoms with Crippen LogP contribution in [0.25, 0.3) is 11.3 Å². The number of aromatic nitrogens is 4. The molecule has 1 saturated heterocycles. The number of nitrogens with zero attached hydrogens (tertiary/aromatic N) is 4. The lowest BCUT2D eigenvalue weighted by atomic mass is 9.97. The van der Waals surface area contributed by atoms with Crippen LogP contribution in [0.4, 0.5) is 5.82 Å². The Morgan fingerprint density at radius 2 is 1.87 bits per heavy atom. The zero-order valence-corrected chi connectivity index (χ0v) is 18.4. The van der Waals surface area contributed by atoms with E-state index in [0.717, 1.165) is 16.8 Å². The van der Waals surface area contributed by atoms with E-state index >= 15 is 0 Å². The van der Waals surface area contributed by atoms with Crippen LogP contribution in [0.3, 0.4) is 0 Å². The van der Waals surface area contributed by atoms with Crippen LogP contribution in [0, 0.1) is 26.7 Å². The second-order valence-corrected chi connectivity index (χ2v) is 9.50. The van der Waals surface area contributed by atoms with E-state index in [2.05, 4.69) is 25.7 Å². The first-order valence-corrected chi connectivity index (χ1v) is 11.4. The van der Waals surface area contributed by atoms with E-state index in [1.807, 2.05) is 19.1 Å². The van der Waals surface area contributed by atoms with Crippen molar-refractivity contribution in [1.82, 2.24) is 24.6 Å². The Balaban J connectivity index is 1.41. The predicted molar refractivity (Wildman–Crippen MR) is 113 cm³/mol. The third-order valence-corrected chi connectivity index (χ3v) is 7.75. The van der Waals surface area contributed by atoms with Crippen LogP contribution < -0.4 is 5.32 Å². The summed E-state index contributed by atoms with van der Waals surface area (Å²) < 4.78 is 32.3. The average molecular weight is 445 g/mol. The average Bonchev–Trinajstić information content (AvgIpc) is 3.30. The van der Waals surface area contributed by atoms with Crippen molar-refractivity contribution >= 4 is 21.7 Å². The Labute approximate surface area is 180 Å². The second-order valence-electron chi connectivity index (χ2n) is 7.63. The summed E-state index contributed by atoms with van der Waals surface area (Å²) in [4.78, 5) is 16.9. The molecule has 0 spiro atoms. The number of rotatable bonds is 5. The number of carbonyl (C=O) groups excluding carboxylic acids is 1. The molecule has 2 N–H and O–H groups in total. The Bertz CT molecular complexity index is 1170. The smallest absolute Gasteiger partial charge is 0.248 e. The molecule has 0 unspecified atom stereocenters. The molecule has 0 atom stereocenters. The topological polar surface area (TPSA) is 134 Å². The maximum absolute atomic E-state index is 12.9. The summed E-state index contributed by atoms with van der Waals surface area (Å²) in [6.07, 6.45) is 4.24. The number of anilines is 1. The minimum Gasteiger partial charge on any atom is -0.360 e. The van der Waals surface area contributed by atoms with Gasteiger partial charge in [0, 0.05) is 42.5 Å². The van der Waals surface area contributed by atoms with Crippen molar-refractivity contribution in [3.05, 3.63) is 41.5 Å². The lowest BCUT2D eigenvalue weighted by molar-refractivity contribution is -0.120. The number of hydrogen-bond acceptors (Lipinski definition) is 7. The van der Waals surface area contributed by atoms with Gasteiger partial charge in [0.15, 0.2) is 11.6 Å². The minimum atomic E-state index is -3.70. The molecule has 0 aromatic carbocycles. The summed E-state index contributed by atoms with van der Waals surface area (Å²) in [6, 6.07) is 3.72. The van der Waals surface area contributed by atoms with Gasteiger partial charge < -0.3 is 9.84 Å². The molecule has 3 aromatic rings. The lowest BCUT2D eigenvalue weighted by Crippen LogP contribution is -2.41. The Kier molecular flexibility index (Phi) is 5.63. The summed E-state index contributed by atoms with van der Waals surface area (Å²) in [5, 5.41) is 13.8. The van der Waals surface area contributed by atoms with Crippen LogP contribution in [-0.2, 0) is 14.8 Å². The van der Waals surface area contributed by atoms with Crippen molar-refractivity contribution in [2.24, 2.45) is 5.92 Å². The summed E-state index contributed by atoms with van der Waals surface area (Å²) in [5.74, 6) is 0.292. The van der Waals surface area contributed by atoms with Crippen LogP contribution in [-0.4, -0.2) is 52.1 Å². The number of aromatic amines is 1. The fraction of sp³-hybridized carbons (Fsp3) is 0.400. The first-order chi connectivity index (χ1) is 14.8. The molecule has 10 nitrogen and oxygen atoms in total. The molecule has 4 heterocycles. The van der Waals surface area contributed by atoms with Gasteiger partial charge in [-0.1, -0.05) is 5.16 Å². The largest absolute Gasteiger partial charge is 0.360 e. The van der Waals surface area contributed by atoms with Gasteiger partial charge >= 0.3 is 0 Å². The molecular formula is C20H24N6O4S. The zero-order chi connectivity index (χ0) is 22.2. The summed E-state index contributed by atoms with van der Waals surface area (Å²) in [7, 11) is -3.70. The molecule has 11 heteroatoms. The van der Waals surface area contributed by atoms with Crippen LogP contribution in [0.15, 0.2) is 33.9 Å². The highest BCUT2D eigenvalue weighted by atomic mass is 32.2. The number of amides is 1. The normalized spacial score (nSPS) is 15.8. The van der Waals surface area contributed by atoms with Gasteiger partial charge in [0.1, 0.15) is 10.6 Å². The summed E-state index contributed by atoms with van der Waals surface area (Å²) in [5.41, 5.74) is 2.92. The monoisotopic (exact) mass is 444 g/mol. The van der Waals surface area contributed by atoms with Gasteiger partial charge in [-0.3, -0.25) is 14.9 Å². The first-order valence-electron chi connectivity index (χ1n) is 9.98. The molecule has 1 aliphatic heterocycles. The van der Waals surface area contributed by atoms with Gasteiger partial charge in [0.2, 0.25) is 15.9 Å². The molecular weight excluding hydrogens is 420 g/mol. The van der Waals surface area contributed by atoms with Gasteiger partial charge in [-0.25, -0.2) is 8.42 Å². The minimum absolute atomic E-state index is 0.117. The van der Waals surface area contributed by atoms with E-state index < -0.39 is 10.0 Å². The van der Waals surface area contributed by atoms with Crippen LogP contribution >= 0.6 is 0 Å². The molecule has 3 aromatic heterocycles. The number of piperidine rings is 1. The van der Waals surface area contributed by atoms with E-state index in [4.69, 9.17) is 4.52 Å². The van der Waals surface area contributed by atoms with Crippen LogP contribution in [0.5, 0.6) is 0 Å². The third kappa shape index (κ3) is 3.98. The van der Waals surface area contributed by atoms with E-state index in [1.54, 1.807) is 26.2 Å². The SMILES string of the molecule is Cc1noc(C)c1S(=O)(=O)N1CCC(C(=O)Nc2n[nH]c(-c3ccncc3)c2C)CC1. The van der Waals surface area contributed by atoms with Gasteiger partial charge in [-0.05, 0) is 45.7 Å². The molecule has 164 valence electrons. The number of sulfonamides is 1. The van der Waals surface area contributed by atoms with Crippen LogP contribution in [0.2, 0.25) is 0 Å². The maximum Gasteiger partial charge on any atom is 0.248 e. The maximum atomic E-state index is 12.9. The van der Waals surface area contributed by atoms with Crippen molar-refractivity contribution in [2.45, 2.75) is 38.5 Å². The van der Waals surface area contributed by atoms with Crippen molar-refractivity contribution < 1.29 is 17.7 Å².